The minimum atomic E-state index is 0.757. The molecule has 2 aromatic heterocycles. The lowest BCUT2D eigenvalue weighted by molar-refractivity contribution is 1.17. The maximum absolute atomic E-state index is 4.75. The molecule has 0 saturated carbocycles. The number of aromatic nitrogens is 2. The summed E-state index contributed by atoms with van der Waals surface area (Å²) >= 11 is 7.00. The first-order chi connectivity index (χ1) is 8.83. The first-order valence-electron chi connectivity index (χ1n) is 5.61. The molecule has 0 unspecified atom stereocenters. The van der Waals surface area contributed by atoms with E-state index in [2.05, 4.69) is 61.1 Å². The molecule has 0 aliphatic rings. The van der Waals surface area contributed by atoms with E-state index in [0.717, 1.165) is 38.2 Å². The zero-order valence-corrected chi connectivity index (χ0v) is 12.7. The lowest BCUT2D eigenvalue weighted by atomic mass is 10.1. The highest BCUT2D eigenvalue weighted by Gasteiger charge is 2.08. The summed E-state index contributed by atoms with van der Waals surface area (Å²) in [5, 5.41) is 3.84. The van der Waals surface area contributed by atoms with Crippen LogP contribution in [0, 0.1) is 0 Å². The molecule has 0 atom stereocenters. The van der Waals surface area contributed by atoms with Gasteiger partial charge in [-0.1, -0.05) is 50.1 Å². The maximum Gasteiger partial charge on any atom is 0.0968 e. The third kappa shape index (κ3) is 1.93. The molecule has 0 saturated heterocycles. The third-order valence-electron chi connectivity index (χ3n) is 3.00. The van der Waals surface area contributed by atoms with E-state index in [1.54, 1.807) is 0 Å². The summed E-state index contributed by atoms with van der Waals surface area (Å²) in [7, 11) is 0. The number of hydrogen-bond donors (Lipinski definition) is 0. The molecule has 0 aliphatic carbocycles. The molecular weight excluding hydrogens is 356 g/mol. The van der Waals surface area contributed by atoms with E-state index in [1.165, 1.54) is 5.56 Å². The Bertz CT molecular complexity index is 725. The monoisotopic (exact) mass is 364 g/mol. The van der Waals surface area contributed by atoms with Crippen LogP contribution >= 0.6 is 31.9 Å². The van der Waals surface area contributed by atoms with Crippen molar-refractivity contribution in [1.82, 2.24) is 9.97 Å². The van der Waals surface area contributed by atoms with Crippen LogP contribution in [0.5, 0.6) is 0 Å². The van der Waals surface area contributed by atoms with E-state index >= 15 is 0 Å². The van der Waals surface area contributed by atoms with Gasteiger partial charge in [0.15, 0.2) is 0 Å². The summed E-state index contributed by atoms with van der Waals surface area (Å²) in [6.45, 7) is 0. The molecule has 4 heteroatoms. The highest BCUT2D eigenvalue weighted by Crippen LogP contribution is 2.25. The second kappa shape index (κ2) is 4.94. The molecule has 2 heterocycles. The van der Waals surface area contributed by atoms with E-state index < -0.39 is 0 Å². The molecule has 1 aromatic carbocycles. The van der Waals surface area contributed by atoms with Gasteiger partial charge in [-0.25, -0.2) is 4.98 Å². The summed E-state index contributed by atoms with van der Waals surface area (Å²) in [6, 6.07) is 10.4. The van der Waals surface area contributed by atoms with Crippen LogP contribution in [-0.2, 0) is 10.7 Å². The largest absolute Gasteiger partial charge is 0.254 e. The summed E-state index contributed by atoms with van der Waals surface area (Å²) in [5.41, 5.74) is 4.23. The molecule has 0 N–H and O–H groups in total. The fraction of sp³-hybridized carbons (Fsp3) is 0.143. The second-order valence-corrected chi connectivity index (χ2v) is 5.20. The lowest BCUT2D eigenvalue weighted by Gasteiger charge is -2.08. The highest BCUT2D eigenvalue weighted by atomic mass is 79.9. The van der Waals surface area contributed by atoms with Crippen LogP contribution in [0.4, 0.5) is 0 Å². The number of hydrogen-bond acceptors (Lipinski definition) is 2. The van der Waals surface area contributed by atoms with E-state index in [-0.39, 0.29) is 0 Å². The van der Waals surface area contributed by atoms with Crippen molar-refractivity contribution in [3.63, 3.8) is 0 Å². The van der Waals surface area contributed by atoms with Crippen molar-refractivity contribution >= 4 is 53.7 Å². The second-order valence-electron chi connectivity index (χ2n) is 4.07. The van der Waals surface area contributed by atoms with Crippen LogP contribution in [0.25, 0.3) is 21.8 Å². The number of halogens is 2. The fourth-order valence-electron chi connectivity index (χ4n) is 2.09. The van der Waals surface area contributed by atoms with Crippen LogP contribution < -0.4 is 0 Å². The molecule has 0 radical (unpaired) electrons. The van der Waals surface area contributed by atoms with E-state index in [4.69, 9.17) is 4.98 Å². The van der Waals surface area contributed by atoms with Gasteiger partial charge >= 0.3 is 0 Å². The average Bonchev–Trinajstić information content (AvgIpc) is 2.45. The van der Waals surface area contributed by atoms with Gasteiger partial charge in [0.1, 0.15) is 0 Å². The van der Waals surface area contributed by atoms with Crippen molar-refractivity contribution in [2.45, 2.75) is 10.7 Å². The molecule has 90 valence electrons. The van der Waals surface area contributed by atoms with Crippen molar-refractivity contribution in [3.05, 3.63) is 47.8 Å². The van der Waals surface area contributed by atoms with Crippen molar-refractivity contribution in [3.8, 4) is 0 Å². The van der Waals surface area contributed by atoms with Gasteiger partial charge in [0.2, 0.25) is 0 Å². The predicted molar refractivity (Wildman–Crippen MR) is 82.3 cm³/mol. The third-order valence-corrected chi connectivity index (χ3v) is 4.13. The Morgan fingerprint density at radius 1 is 0.944 bits per heavy atom. The van der Waals surface area contributed by atoms with Crippen LogP contribution in [0.15, 0.2) is 36.5 Å². The molecule has 2 nitrogen and oxygen atoms in total. The molecule has 0 bridgehead atoms. The first kappa shape index (κ1) is 12.1. The smallest absolute Gasteiger partial charge is 0.0968 e. The minimum Gasteiger partial charge on any atom is -0.254 e. The Morgan fingerprint density at radius 2 is 1.78 bits per heavy atom. The molecule has 3 rings (SSSR count). The summed E-state index contributed by atoms with van der Waals surface area (Å²) in [5.74, 6) is 0. The Labute approximate surface area is 122 Å². The molecule has 0 spiro atoms. The lowest BCUT2D eigenvalue weighted by Crippen LogP contribution is -1.95. The Hall–Kier alpha value is -1.00. The molecule has 0 aliphatic heterocycles. The maximum atomic E-state index is 4.75. The fourth-order valence-corrected chi connectivity index (χ4v) is 3.06. The molecule has 3 aromatic rings. The Morgan fingerprint density at radius 3 is 2.56 bits per heavy atom. The Kier molecular flexibility index (Phi) is 3.31. The van der Waals surface area contributed by atoms with Gasteiger partial charge in [-0.05, 0) is 17.7 Å². The van der Waals surface area contributed by atoms with Crippen LogP contribution in [0.1, 0.15) is 11.3 Å². The number of benzene rings is 1. The molecule has 18 heavy (non-hydrogen) atoms. The highest BCUT2D eigenvalue weighted by molar-refractivity contribution is 9.09. The minimum absolute atomic E-state index is 0.757. The average molecular weight is 366 g/mol. The van der Waals surface area contributed by atoms with Crippen LogP contribution in [0.2, 0.25) is 0 Å². The van der Waals surface area contributed by atoms with E-state index in [9.17, 15) is 0 Å². The predicted octanol–water partition coefficient (Wildman–Crippen LogP) is 4.57. The summed E-state index contributed by atoms with van der Waals surface area (Å²) in [4.78, 5) is 9.20. The number of nitrogens with zero attached hydrogens (tertiary/aromatic N) is 2. The normalized spacial score (nSPS) is 11.2. The summed E-state index contributed by atoms with van der Waals surface area (Å²) < 4.78 is 0. The Balaban J connectivity index is 2.43. The number of alkyl halides is 2. The van der Waals surface area contributed by atoms with Crippen molar-refractivity contribution < 1.29 is 0 Å². The van der Waals surface area contributed by atoms with E-state index in [0.29, 0.717) is 0 Å². The molecule has 0 amide bonds. The topological polar surface area (TPSA) is 25.8 Å². The number of pyridine rings is 2. The van der Waals surface area contributed by atoms with Gasteiger partial charge in [0, 0.05) is 27.6 Å². The zero-order chi connectivity index (χ0) is 12.5. The number of rotatable bonds is 2. The van der Waals surface area contributed by atoms with Gasteiger partial charge in [0.25, 0.3) is 0 Å². The van der Waals surface area contributed by atoms with E-state index in [1.807, 2.05) is 12.3 Å². The van der Waals surface area contributed by atoms with Crippen LogP contribution in [-0.4, -0.2) is 9.97 Å². The van der Waals surface area contributed by atoms with Crippen molar-refractivity contribution in [2.24, 2.45) is 0 Å². The standard InChI is InChI=1S/C14H10Br2N2/c15-7-11-6-10-4-3-9-2-1-5-17-13(9)14(10)18-12(11)8-16/h1-6H,7-8H2. The van der Waals surface area contributed by atoms with Gasteiger partial charge in [-0.3, -0.25) is 4.98 Å². The van der Waals surface area contributed by atoms with Gasteiger partial charge in [0.05, 0.1) is 16.7 Å². The van der Waals surface area contributed by atoms with Crippen LogP contribution in [0.3, 0.4) is 0 Å². The SMILES string of the molecule is BrCc1cc2ccc3cccnc3c2nc1CBr. The van der Waals surface area contributed by atoms with Gasteiger partial charge < -0.3 is 0 Å². The molecule has 0 fully saturated rings. The first-order valence-corrected chi connectivity index (χ1v) is 7.86. The zero-order valence-electron chi connectivity index (χ0n) is 9.53. The summed E-state index contributed by atoms with van der Waals surface area (Å²) in [6.07, 6.45) is 1.82. The molecular formula is C14H10Br2N2. The quantitative estimate of drug-likeness (QED) is 0.491. The van der Waals surface area contributed by atoms with Gasteiger partial charge in [-0.15, -0.1) is 0 Å². The number of fused-ring (bicyclic) bond motifs is 3. The van der Waals surface area contributed by atoms with Crippen molar-refractivity contribution in [1.29, 1.82) is 0 Å². The van der Waals surface area contributed by atoms with Crippen molar-refractivity contribution in [2.75, 3.05) is 0 Å². The van der Waals surface area contributed by atoms with Gasteiger partial charge in [-0.2, -0.15) is 0 Å².